The molecule has 5 N–H and O–H groups in total. The van der Waals surface area contributed by atoms with Crippen molar-refractivity contribution >= 4 is 11.0 Å². The lowest BCUT2D eigenvalue weighted by Gasteiger charge is -2.39. The van der Waals surface area contributed by atoms with E-state index in [2.05, 4.69) is 0 Å². The van der Waals surface area contributed by atoms with Crippen LogP contribution in [-0.4, -0.2) is 70.0 Å². The highest BCUT2D eigenvalue weighted by Crippen LogP contribution is 2.36. The number of phenolic OH excluding ortho intramolecular Hbond substituents is 1. The first kappa shape index (κ1) is 22.1. The minimum Gasteiger partial charge on any atom is -0.507 e. The molecule has 1 aliphatic heterocycles. The van der Waals surface area contributed by atoms with Gasteiger partial charge in [-0.2, -0.15) is 0 Å². The first-order valence-corrected chi connectivity index (χ1v) is 9.76. The summed E-state index contributed by atoms with van der Waals surface area (Å²) in [6.45, 7) is -0.622. The lowest BCUT2D eigenvalue weighted by Crippen LogP contribution is -2.60. The zero-order valence-electron chi connectivity index (χ0n) is 16.9. The number of aliphatic hydroxyl groups is 4. The lowest BCUT2D eigenvalue weighted by molar-refractivity contribution is -0.277. The van der Waals surface area contributed by atoms with Gasteiger partial charge in [0, 0.05) is 17.7 Å². The highest BCUT2D eigenvalue weighted by atomic mass is 16.7. The average molecular weight is 446 g/mol. The Labute approximate surface area is 181 Å². The fourth-order valence-corrected chi connectivity index (χ4v) is 3.59. The van der Waals surface area contributed by atoms with Crippen molar-refractivity contribution in [2.24, 2.45) is 0 Å². The van der Waals surface area contributed by atoms with Gasteiger partial charge >= 0.3 is 0 Å². The van der Waals surface area contributed by atoms with Gasteiger partial charge in [0.25, 0.3) is 0 Å². The second-order valence-corrected chi connectivity index (χ2v) is 7.29. The van der Waals surface area contributed by atoms with E-state index in [0.29, 0.717) is 5.56 Å². The molecule has 3 aromatic rings. The van der Waals surface area contributed by atoms with Crippen LogP contribution in [0, 0.1) is 0 Å². The van der Waals surface area contributed by atoms with Gasteiger partial charge in [-0.3, -0.25) is 4.79 Å². The van der Waals surface area contributed by atoms with Crippen molar-refractivity contribution < 1.29 is 44.2 Å². The third kappa shape index (κ3) is 3.78. The molecule has 0 amide bonds. The van der Waals surface area contributed by atoms with E-state index in [-0.39, 0.29) is 28.2 Å². The van der Waals surface area contributed by atoms with Crippen LogP contribution in [0.1, 0.15) is 0 Å². The van der Waals surface area contributed by atoms with E-state index >= 15 is 0 Å². The van der Waals surface area contributed by atoms with Crippen LogP contribution in [-0.2, 0) is 4.74 Å². The Balaban J connectivity index is 1.77. The summed E-state index contributed by atoms with van der Waals surface area (Å²) < 4.78 is 22.0. The molecule has 10 heteroatoms. The first-order valence-electron chi connectivity index (χ1n) is 9.76. The van der Waals surface area contributed by atoms with Crippen molar-refractivity contribution in [1.29, 1.82) is 0 Å². The zero-order chi connectivity index (χ0) is 23.0. The van der Waals surface area contributed by atoms with Crippen LogP contribution in [0.15, 0.2) is 51.7 Å². The van der Waals surface area contributed by atoms with E-state index in [1.54, 1.807) is 30.3 Å². The Morgan fingerprint density at radius 1 is 1.03 bits per heavy atom. The molecular weight excluding hydrogens is 424 g/mol. The molecule has 0 radical (unpaired) electrons. The van der Waals surface area contributed by atoms with Gasteiger partial charge in [0.15, 0.2) is 5.76 Å². The van der Waals surface area contributed by atoms with Gasteiger partial charge in [0.2, 0.25) is 17.5 Å². The Morgan fingerprint density at radius 2 is 1.75 bits per heavy atom. The molecule has 2 aromatic carbocycles. The maximum absolute atomic E-state index is 12.9. The maximum atomic E-state index is 12.9. The summed E-state index contributed by atoms with van der Waals surface area (Å²) >= 11 is 0. The molecule has 1 aromatic heterocycles. The van der Waals surface area contributed by atoms with Gasteiger partial charge in [-0.25, -0.2) is 0 Å². The number of aromatic hydroxyl groups is 1. The molecule has 170 valence electrons. The number of methoxy groups -OCH3 is 1. The van der Waals surface area contributed by atoms with E-state index in [1.807, 2.05) is 0 Å². The Hall–Kier alpha value is -3.15. The number of ether oxygens (including phenoxy) is 3. The van der Waals surface area contributed by atoms with Crippen molar-refractivity contribution in [1.82, 2.24) is 0 Å². The van der Waals surface area contributed by atoms with E-state index in [0.717, 1.165) is 6.07 Å². The number of phenols is 1. The van der Waals surface area contributed by atoms with Crippen LogP contribution in [0.25, 0.3) is 22.3 Å². The van der Waals surface area contributed by atoms with Gasteiger partial charge < -0.3 is 44.2 Å². The number of rotatable bonds is 5. The summed E-state index contributed by atoms with van der Waals surface area (Å²) in [7, 11) is 1.32. The Kier molecular flexibility index (Phi) is 6.04. The predicted octanol–water partition coefficient (Wildman–Crippen LogP) is 0.353. The monoisotopic (exact) mass is 446 g/mol. The summed E-state index contributed by atoms with van der Waals surface area (Å²) in [5.74, 6) is -0.447. The van der Waals surface area contributed by atoms with E-state index < -0.39 is 48.5 Å². The van der Waals surface area contributed by atoms with Crippen LogP contribution < -0.4 is 14.9 Å². The highest BCUT2D eigenvalue weighted by Gasteiger charge is 2.44. The fraction of sp³-hybridized carbons (Fsp3) is 0.318. The second-order valence-electron chi connectivity index (χ2n) is 7.29. The molecule has 1 aliphatic rings. The lowest BCUT2D eigenvalue weighted by atomic mass is 9.99. The molecule has 32 heavy (non-hydrogen) atoms. The molecule has 0 unspecified atom stereocenters. The fourth-order valence-electron chi connectivity index (χ4n) is 3.59. The van der Waals surface area contributed by atoms with Crippen molar-refractivity contribution in [2.75, 3.05) is 13.7 Å². The molecule has 1 fully saturated rings. The molecular formula is C22H22O10. The van der Waals surface area contributed by atoms with Crippen molar-refractivity contribution in [3.8, 4) is 28.6 Å². The largest absolute Gasteiger partial charge is 0.507 e. The van der Waals surface area contributed by atoms with E-state index in [1.165, 1.54) is 13.2 Å². The standard InChI is InChI=1S/C22H22O10/c1-29-21-17(26)15-12(24)7-11(8-13(15)31-20(21)10-5-3-2-4-6-10)30-22-19(28)18(27)16(25)14(9-23)32-22/h2-8,14,16,18-19,22-25,27-28H,9H2,1H3/t14-,16-,18+,19-,22-/m1/s1. The van der Waals surface area contributed by atoms with Gasteiger partial charge in [-0.1, -0.05) is 30.3 Å². The van der Waals surface area contributed by atoms with Crippen molar-refractivity contribution in [3.05, 3.63) is 52.7 Å². The average Bonchev–Trinajstić information content (AvgIpc) is 2.79. The highest BCUT2D eigenvalue weighted by molar-refractivity contribution is 5.88. The molecule has 10 nitrogen and oxygen atoms in total. The molecule has 0 bridgehead atoms. The molecule has 0 aliphatic carbocycles. The molecule has 0 spiro atoms. The van der Waals surface area contributed by atoms with Gasteiger partial charge in [-0.05, 0) is 0 Å². The topological polar surface area (TPSA) is 159 Å². The minimum atomic E-state index is -1.65. The van der Waals surface area contributed by atoms with Crippen LogP contribution in [0.5, 0.6) is 17.2 Å². The van der Waals surface area contributed by atoms with Crippen LogP contribution in [0.3, 0.4) is 0 Å². The number of benzene rings is 2. The number of hydrogen-bond acceptors (Lipinski definition) is 10. The van der Waals surface area contributed by atoms with Crippen LogP contribution in [0.2, 0.25) is 0 Å². The molecule has 1 saturated heterocycles. The molecule has 4 rings (SSSR count). The van der Waals surface area contributed by atoms with E-state index in [9.17, 15) is 30.3 Å². The SMILES string of the molecule is COc1c(-c2ccccc2)oc2cc(O[C@@H]3O[C@H](CO)[C@@H](O)[C@H](O)[C@H]3O)cc(O)c2c1=O. The maximum Gasteiger partial charge on any atom is 0.239 e. The van der Waals surface area contributed by atoms with Crippen molar-refractivity contribution in [3.63, 3.8) is 0 Å². The zero-order valence-corrected chi connectivity index (χ0v) is 16.9. The van der Waals surface area contributed by atoms with E-state index in [4.69, 9.17) is 18.6 Å². The Morgan fingerprint density at radius 3 is 2.41 bits per heavy atom. The second kappa shape index (κ2) is 8.77. The molecule has 5 atom stereocenters. The molecule has 2 heterocycles. The number of fused-ring (bicyclic) bond motifs is 1. The van der Waals surface area contributed by atoms with Crippen LogP contribution in [0.4, 0.5) is 0 Å². The van der Waals surface area contributed by atoms with Gasteiger partial charge in [0.05, 0.1) is 13.7 Å². The predicted molar refractivity (Wildman–Crippen MR) is 111 cm³/mol. The third-order valence-electron chi connectivity index (χ3n) is 5.25. The van der Waals surface area contributed by atoms with Crippen molar-refractivity contribution in [2.45, 2.75) is 30.7 Å². The van der Waals surface area contributed by atoms with Gasteiger partial charge in [0.1, 0.15) is 46.9 Å². The Bertz CT molecular complexity index is 1160. The third-order valence-corrected chi connectivity index (χ3v) is 5.25. The van der Waals surface area contributed by atoms with Gasteiger partial charge in [-0.15, -0.1) is 0 Å². The first-order chi connectivity index (χ1) is 15.3. The smallest absolute Gasteiger partial charge is 0.239 e. The summed E-state index contributed by atoms with van der Waals surface area (Å²) in [5, 5.41) is 49.7. The minimum absolute atomic E-state index is 0.0192. The quantitative estimate of drug-likeness (QED) is 0.370. The number of aliphatic hydroxyl groups excluding tert-OH is 4. The summed E-state index contributed by atoms with van der Waals surface area (Å²) in [6.07, 6.45) is -7.46. The molecule has 0 saturated carbocycles. The van der Waals surface area contributed by atoms with Crippen LogP contribution >= 0.6 is 0 Å². The number of hydrogen-bond donors (Lipinski definition) is 5. The summed E-state index contributed by atoms with van der Waals surface area (Å²) in [6, 6.07) is 11.2. The summed E-state index contributed by atoms with van der Waals surface area (Å²) in [4.78, 5) is 12.9. The summed E-state index contributed by atoms with van der Waals surface area (Å²) in [5.41, 5.74) is -0.0400. The normalized spacial score (nSPS) is 25.6.